The number of rotatable bonds is 18. The first-order valence-corrected chi connectivity index (χ1v) is 16.1. The van der Waals surface area contributed by atoms with Gasteiger partial charge in [0.1, 0.15) is 19.3 Å². The summed E-state index contributed by atoms with van der Waals surface area (Å²) in [5.41, 5.74) is 0.592. The Bertz CT molecular complexity index is 1820. The van der Waals surface area contributed by atoms with Gasteiger partial charge in [0, 0.05) is 27.2 Å². The monoisotopic (exact) mass is 715 g/mol. The molecule has 0 saturated carbocycles. The van der Waals surface area contributed by atoms with Gasteiger partial charge in [-0.25, -0.2) is 19.4 Å². The van der Waals surface area contributed by atoms with Crippen molar-refractivity contribution in [2.45, 2.75) is 57.3 Å². The van der Waals surface area contributed by atoms with E-state index in [1.807, 2.05) is 53.4 Å². The average Bonchev–Trinajstić information content (AvgIpc) is 3.51. The lowest BCUT2D eigenvalue weighted by atomic mass is 10.2. The largest absolute Gasteiger partial charge is 0.487 e. The summed E-state index contributed by atoms with van der Waals surface area (Å²) >= 11 is 0. The van der Waals surface area contributed by atoms with Crippen LogP contribution in [0.4, 0.5) is 0 Å². The number of imidazole rings is 1. The lowest BCUT2D eigenvalue weighted by Crippen LogP contribution is -2.46. The standard InChI is InChI=1S/C30H39N5O6.C4H6O6/c1-4-5-15-34(16-23(36)18-35-29(38)27-28(31-21-32(27)2)33(3)30(35)39)17-24(37)20-41-26-14-10-9-13-25(26)40-19-22-11-7-6-8-12-22;5-1(3(7)8)2(6)4(9)10/h6-14,21,23-24,36-37H,4-5,15-20H2,1-3H3;1-2,5-6H,(H,7,8)(H,9,10). The number of aliphatic hydroxyl groups excluding tert-OH is 4. The number of carboxylic acids is 2. The maximum Gasteiger partial charge on any atom is 0.335 e. The van der Waals surface area contributed by atoms with Crippen LogP contribution in [0.1, 0.15) is 25.3 Å². The molecule has 2 heterocycles. The minimum Gasteiger partial charge on any atom is -0.487 e. The van der Waals surface area contributed by atoms with Gasteiger partial charge >= 0.3 is 17.6 Å². The molecule has 0 saturated heterocycles. The SMILES string of the molecule is CCCCN(CC(O)COc1ccccc1OCc1ccccc1)CC(O)Cn1c(=O)c2c(ncn2C)n(C)c1=O.O=C(O)C(O)C(O)C(=O)O. The van der Waals surface area contributed by atoms with Gasteiger partial charge in [-0.3, -0.25) is 18.8 Å². The Morgan fingerprint density at radius 1 is 0.843 bits per heavy atom. The molecule has 0 amide bonds. The molecule has 278 valence electrons. The van der Waals surface area contributed by atoms with Crippen molar-refractivity contribution < 1.29 is 49.7 Å². The van der Waals surface area contributed by atoms with Gasteiger partial charge < -0.3 is 44.7 Å². The van der Waals surface area contributed by atoms with Gasteiger partial charge in [0.2, 0.25) is 0 Å². The van der Waals surface area contributed by atoms with Crippen LogP contribution in [0.3, 0.4) is 0 Å². The molecule has 2 aromatic heterocycles. The Balaban J connectivity index is 0.000000612. The zero-order chi connectivity index (χ0) is 37.7. The number of fused-ring (bicyclic) bond motifs is 1. The molecule has 4 atom stereocenters. The van der Waals surface area contributed by atoms with E-state index in [0.717, 1.165) is 23.0 Å². The molecule has 0 radical (unpaired) electrons. The molecule has 4 aromatic rings. The van der Waals surface area contributed by atoms with Gasteiger partial charge in [-0.15, -0.1) is 0 Å². The summed E-state index contributed by atoms with van der Waals surface area (Å²) in [6.45, 7) is 3.37. The maximum atomic E-state index is 13.0. The Morgan fingerprint density at radius 3 is 2.00 bits per heavy atom. The molecule has 2 aromatic carbocycles. The van der Waals surface area contributed by atoms with Crippen LogP contribution in [0.25, 0.3) is 11.2 Å². The summed E-state index contributed by atoms with van der Waals surface area (Å²) in [6.07, 6.45) is -3.11. The van der Waals surface area contributed by atoms with Crippen LogP contribution in [0.15, 0.2) is 70.5 Å². The van der Waals surface area contributed by atoms with Crippen LogP contribution >= 0.6 is 0 Å². The van der Waals surface area contributed by atoms with Gasteiger partial charge in [0.15, 0.2) is 34.9 Å². The Kier molecular flexibility index (Phi) is 15.3. The number of ether oxygens (including phenoxy) is 2. The topological polar surface area (TPSA) is 239 Å². The van der Waals surface area contributed by atoms with E-state index in [-0.39, 0.29) is 26.2 Å². The lowest BCUT2D eigenvalue weighted by molar-refractivity contribution is -0.165. The molecular weight excluding hydrogens is 670 g/mol. The summed E-state index contributed by atoms with van der Waals surface area (Å²) in [7, 11) is 3.24. The summed E-state index contributed by atoms with van der Waals surface area (Å²) in [5.74, 6) is -2.42. The summed E-state index contributed by atoms with van der Waals surface area (Å²) in [5, 5.41) is 54.3. The molecule has 0 aliphatic heterocycles. The number of carbonyl (C=O) groups is 2. The number of para-hydroxylation sites is 2. The van der Waals surface area contributed by atoms with Crippen molar-refractivity contribution in [1.29, 1.82) is 0 Å². The van der Waals surface area contributed by atoms with Crippen molar-refractivity contribution in [1.82, 2.24) is 23.6 Å². The number of nitrogens with zero attached hydrogens (tertiary/aromatic N) is 5. The second kappa shape index (κ2) is 19.4. The van der Waals surface area contributed by atoms with Crippen LogP contribution in [0.5, 0.6) is 11.5 Å². The highest BCUT2D eigenvalue weighted by Gasteiger charge is 2.29. The van der Waals surface area contributed by atoms with Gasteiger partial charge in [-0.05, 0) is 30.7 Å². The van der Waals surface area contributed by atoms with Crippen LogP contribution in [-0.2, 0) is 36.8 Å². The second-order valence-electron chi connectivity index (χ2n) is 11.8. The Labute approximate surface area is 292 Å². The second-order valence-corrected chi connectivity index (χ2v) is 11.8. The molecule has 51 heavy (non-hydrogen) atoms. The van der Waals surface area contributed by atoms with Crippen LogP contribution in [0.2, 0.25) is 0 Å². The predicted octanol–water partition coefficient (Wildman–Crippen LogP) is -0.207. The molecular formula is C34H45N5O12. The number of aromatic nitrogens is 4. The molecule has 0 fully saturated rings. The van der Waals surface area contributed by atoms with Crippen LogP contribution in [0, 0.1) is 0 Å². The number of unbranched alkanes of at least 4 members (excludes halogenated alkanes) is 1. The average molecular weight is 716 g/mol. The van der Waals surface area contributed by atoms with E-state index < -0.39 is 47.6 Å². The molecule has 0 spiro atoms. The van der Waals surface area contributed by atoms with Crippen LogP contribution in [-0.4, -0.2) is 117 Å². The molecule has 4 unspecified atom stereocenters. The van der Waals surface area contributed by atoms with Gasteiger partial charge in [0.25, 0.3) is 5.56 Å². The molecule has 17 nitrogen and oxygen atoms in total. The highest BCUT2D eigenvalue weighted by molar-refractivity contribution is 5.83. The Hall–Kier alpha value is -5.07. The first-order chi connectivity index (χ1) is 24.2. The molecule has 17 heteroatoms. The van der Waals surface area contributed by atoms with Gasteiger partial charge in [-0.1, -0.05) is 55.8 Å². The number of hydrogen-bond acceptors (Lipinski definition) is 12. The highest BCUT2D eigenvalue weighted by atomic mass is 16.5. The molecule has 0 bridgehead atoms. The van der Waals surface area contributed by atoms with E-state index >= 15 is 0 Å². The zero-order valence-corrected chi connectivity index (χ0v) is 28.6. The molecule has 6 N–H and O–H groups in total. The smallest absolute Gasteiger partial charge is 0.335 e. The fourth-order valence-corrected chi connectivity index (χ4v) is 4.99. The van der Waals surface area contributed by atoms with E-state index in [9.17, 15) is 29.4 Å². The lowest BCUT2D eigenvalue weighted by Gasteiger charge is -2.27. The summed E-state index contributed by atoms with van der Waals surface area (Å²) < 4.78 is 15.8. The van der Waals surface area contributed by atoms with E-state index in [4.69, 9.17) is 29.9 Å². The van der Waals surface area contributed by atoms with Crippen molar-refractivity contribution >= 4 is 23.1 Å². The minimum absolute atomic E-state index is 0.0294. The number of carboxylic acid groups (broad SMARTS) is 2. The summed E-state index contributed by atoms with van der Waals surface area (Å²) in [4.78, 5) is 51.5. The number of hydrogen-bond donors (Lipinski definition) is 6. The third kappa shape index (κ3) is 11.5. The van der Waals surface area contributed by atoms with Crippen molar-refractivity contribution in [3.63, 3.8) is 0 Å². The number of aryl methyl sites for hydroxylation is 2. The van der Waals surface area contributed by atoms with Gasteiger partial charge in [-0.2, -0.15) is 0 Å². The van der Waals surface area contributed by atoms with Crippen LogP contribution < -0.4 is 20.7 Å². The number of aliphatic hydroxyl groups is 4. The molecule has 0 aliphatic rings. The Morgan fingerprint density at radius 2 is 1.41 bits per heavy atom. The maximum absolute atomic E-state index is 13.0. The molecule has 4 rings (SSSR count). The van der Waals surface area contributed by atoms with E-state index in [1.54, 1.807) is 24.7 Å². The van der Waals surface area contributed by atoms with Gasteiger partial charge in [0.05, 0.1) is 19.0 Å². The third-order valence-electron chi connectivity index (χ3n) is 7.68. The highest BCUT2D eigenvalue weighted by Crippen LogP contribution is 2.27. The van der Waals surface area contributed by atoms with Crippen molar-refractivity contribution in [2.75, 3.05) is 26.2 Å². The fourth-order valence-electron chi connectivity index (χ4n) is 4.99. The first kappa shape index (κ1) is 40.4. The fraction of sp³-hybridized carbons (Fsp3) is 0.441. The van der Waals surface area contributed by atoms with Crippen molar-refractivity contribution in [2.24, 2.45) is 14.1 Å². The predicted molar refractivity (Wildman–Crippen MR) is 184 cm³/mol. The quantitative estimate of drug-likeness (QED) is 0.0782. The van der Waals surface area contributed by atoms with Crippen molar-refractivity contribution in [3.05, 3.63) is 87.3 Å². The van der Waals surface area contributed by atoms with Crippen molar-refractivity contribution in [3.8, 4) is 11.5 Å². The number of benzene rings is 2. The third-order valence-corrected chi connectivity index (χ3v) is 7.68. The minimum atomic E-state index is -2.27. The first-order valence-electron chi connectivity index (χ1n) is 16.1. The summed E-state index contributed by atoms with van der Waals surface area (Å²) in [6, 6.07) is 17.2. The van der Waals surface area contributed by atoms with E-state index in [0.29, 0.717) is 35.8 Å². The zero-order valence-electron chi connectivity index (χ0n) is 28.6. The van der Waals surface area contributed by atoms with E-state index in [1.165, 1.54) is 10.9 Å². The molecule has 0 aliphatic carbocycles. The van der Waals surface area contributed by atoms with E-state index in [2.05, 4.69) is 11.9 Å². The normalized spacial score (nSPS) is 13.6. The number of aliphatic carboxylic acids is 2.